The Morgan fingerprint density at radius 1 is 1.38 bits per heavy atom. The number of anilines is 2. The molecule has 0 heterocycles. The average Bonchev–Trinajstić information content (AvgIpc) is 2.10. The van der Waals surface area contributed by atoms with Crippen LogP contribution in [0.1, 0.15) is 11.1 Å². The topological polar surface area (TPSA) is 52.0 Å². The molecule has 0 aliphatic rings. The molecule has 3 heteroatoms. The molecule has 0 bridgehead atoms. The van der Waals surface area contributed by atoms with Crippen molar-refractivity contribution in [2.24, 2.45) is 0 Å². The summed E-state index contributed by atoms with van der Waals surface area (Å²) in [4.78, 5) is 0. The summed E-state index contributed by atoms with van der Waals surface area (Å²) in [5, 5.41) is 0. The molecule has 0 fully saturated rings. The van der Waals surface area contributed by atoms with E-state index in [4.69, 9.17) is 23.1 Å². The molecule has 0 unspecified atom stereocenters. The Labute approximate surface area is 83.2 Å². The van der Waals surface area contributed by atoms with E-state index in [1.165, 1.54) is 0 Å². The van der Waals surface area contributed by atoms with Crippen molar-refractivity contribution in [2.45, 2.75) is 6.92 Å². The normalized spacial score (nSPS) is 10.9. The minimum Gasteiger partial charge on any atom is -0.397 e. The predicted octanol–water partition coefficient (Wildman–Crippen LogP) is 2.41. The number of allylic oxidation sites excluding steroid dienone is 1. The van der Waals surface area contributed by atoms with Crippen LogP contribution in [0.15, 0.2) is 18.2 Å². The first-order valence-electron chi connectivity index (χ1n) is 4.03. The molecule has 1 aromatic carbocycles. The largest absolute Gasteiger partial charge is 0.397 e. The van der Waals surface area contributed by atoms with Gasteiger partial charge in [-0.15, -0.1) is 11.6 Å². The van der Waals surface area contributed by atoms with Crippen LogP contribution >= 0.6 is 11.6 Å². The molecule has 0 radical (unpaired) electrons. The number of hydrogen-bond acceptors (Lipinski definition) is 2. The molecule has 0 atom stereocenters. The second kappa shape index (κ2) is 4.19. The summed E-state index contributed by atoms with van der Waals surface area (Å²) in [7, 11) is 0. The molecule has 1 aromatic rings. The van der Waals surface area contributed by atoms with Crippen LogP contribution in [0.5, 0.6) is 0 Å². The lowest BCUT2D eigenvalue weighted by molar-refractivity contribution is 1.46. The predicted molar refractivity (Wildman–Crippen MR) is 59.8 cm³/mol. The zero-order chi connectivity index (χ0) is 9.84. The van der Waals surface area contributed by atoms with Crippen LogP contribution < -0.4 is 11.5 Å². The SMILES string of the molecule is Cc1cc(C=CCCl)cc(N)c1N. The van der Waals surface area contributed by atoms with Crippen LogP contribution in [0.25, 0.3) is 6.08 Å². The molecule has 0 spiro atoms. The van der Waals surface area contributed by atoms with E-state index < -0.39 is 0 Å². The number of nitrogen functional groups attached to an aromatic ring is 2. The van der Waals surface area contributed by atoms with Crippen molar-refractivity contribution < 1.29 is 0 Å². The number of alkyl halides is 1. The first-order chi connectivity index (χ1) is 6.15. The van der Waals surface area contributed by atoms with Gasteiger partial charge in [-0.1, -0.05) is 12.2 Å². The second-order valence-corrected chi connectivity index (χ2v) is 3.21. The third-order valence-corrected chi connectivity index (χ3v) is 2.02. The summed E-state index contributed by atoms with van der Waals surface area (Å²) in [6.45, 7) is 1.93. The van der Waals surface area contributed by atoms with Gasteiger partial charge in [0.05, 0.1) is 11.4 Å². The highest BCUT2D eigenvalue weighted by Gasteiger charge is 1.99. The molecule has 0 amide bonds. The number of benzene rings is 1. The summed E-state index contributed by atoms with van der Waals surface area (Å²) in [6, 6.07) is 3.82. The molecule has 4 N–H and O–H groups in total. The van der Waals surface area contributed by atoms with E-state index in [-0.39, 0.29) is 0 Å². The maximum Gasteiger partial charge on any atom is 0.0577 e. The van der Waals surface area contributed by atoms with E-state index in [0.29, 0.717) is 17.3 Å². The van der Waals surface area contributed by atoms with Gasteiger partial charge >= 0.3 is 0 Å². The van der Waals surface area contributed by atoms with Crippen LogP contribution in [-0.4, -0.2) is 5.88 Å². The van der Waals surface area contributed by atoms with E-state index in [1.807, 2.05) is 31.2 Å². The van der Waals surface area contributed by atoms with E-state index in [0.717, 1.165) is 11.1 Å². The van der Waals surface area contributed by atoms with Gasteiger partial charge in [-0.25, -0.2) is 0 Å². The third-order valence-electron chi connectivity index (χ3n) is 1.84. The third kappa shape index (κ3) is 2.39. The minimum atomic E-state index is 0.503. The quantitative estimate of drug-likeness (QED) is 0.564. The van der Waals surface area contributed by atoms with Crippen LogP contribution in [-0.2, 0) is 0 Å². The van der Waals surface area contributed by atoms with Crippen molar-refractivity contribution in [1.82, 2.24) is 0 Å². The first-order valence-corrected chi connectivity index (χ1v) is 4.56. The van der Waals surface area contributed by atoms with Gasteiger partial charge < -0.3 is 11.5 Å². The van der Waals surface area contributed by atoms with Gasteiger partial charge in [-0.3, -0.25) is 0 Å². The van der Waals surface area contributed by atoms with Crippen molar-refractivity contribution >= 4 is 29.1 Å². The number of rotatable bonds is 2. The smallest absolute Gasteiger partial charge is 0.0577 e. The van der Waals surface area contributed by atoms with E-state index in [1.54, 1.807) is 0 Å². The lowest BCUT2D eigenvalue weighted by Gasteiger charge is -2.05. The van der Waals surface area contributed by atoms with Crippen molar-refractivity contribution in [2.75, 3.05) is 17.3 Å². The van der Waals surface area contributed by atoms with Crippen LogP contribution in [0.3, 0.4) is 0 Å². The highest BCUT2D eigenvalue weighted by molar-refractivity contribution is 6.19. The molecule has 0 saturated heterocycles. The van der Waals surface area contributed by atoms with E-state index >= 15 is 0 Å². The highest BCUT2D eigenvalue weighted by atomic mass is 35.5. The molecular formula is C10H13ClN2. The fraction of sp³-hybridized carbons (Fsp3) is 0.200. The maximum absolute atomic E-state index is 5.70. The zero-order valence-electron chi connectivity index (χ0n) is 7.55. The number of aryl methyl sites for hydroxylation is 1. The average molecular weight is 197 g/mol. The second-order valence-electron chi connectivity index (χ2n) is 2.90. The van der Waals surface area contributed by atoms with Gasteiger partial charge in [-0.05, 0) is 30.2 Å². The molecule has 0 saturated carbocycles. The molecule has 0 aliphatic carbocycles. The molecule has 0 aliphatic heterocycles. The van der Waals surface area contributed by atoms with Gasteiger partial charge in [0, 0.05) is 5.88 Å². The van der Waals surface area contributed by atoms with Gasteiger partial charge in [0.2, 0.25) is 0 Å². The molecule has 1 rings (SSSR count). The Morgan fingerprint density at radius 2 is 2.08 bits per heavy atom. The Morgan fingerprint density at radius 3 is 2.62 bits per heavy atom. The fourth-order valence-electron chi connectivity index (χ4n) is 1.13. The summed E-state index contributed by atoms with van der Waals surface area (Å²) < 4.78 is 0. The molecular weight excluding hydrogens is 184 g/mol. The molecule has 0 aromatic heterocycles. The van der Waals surface area contributed by atoms with Crippen molar-refractivity contribution in [3.8, 4) is 0 Å². The first kappa shape index (κ1) is 9.93. The van der Waals surface area contributed by atoms with Crippen molar-refractivity contribution in [3.05, 3.63) is 29.3 Å². The zero-order valence-corrected chi connectivity index (χ0v) is 8.31. The van der Waals surface area contributed by atoms with E-state index in [9.17, 15) is 0 Å². The summed E-state index contributed by atoms with van der Waals surface area (Å²) in [5.41, 5.74) is 14.7. The van der Waals surface area contributed by atoms with Crippen LogP contribution in [0, 0.1) is 6.92 Å². The monoisotopic (exact) mass is 196 g/mol. The number of halogens is 1. The Bertz CT molecular complexity index is 309. The number of hydrogen-bond donors (Lipinski definition) is 2. The van der Waals surface area contributed by atoms with Crippen LogP contribution in [0.4, 0.5) is 11.4 Å². The Balaban J connectivity index is 3.06. The Hall–Kier alpha value is -1.15. The fourth-order valence-corrected chi connectivity index (χ4v) is 1.22. The lowest BCUT2D eigenvalue weighted by Crippen LogP contribution is -1.97. The standard InChI is InChI=1S/C10H13ClN2/c1-7-5-8(3-2-4-11)6-9(12)10(7)13/h2-3,5-6H,4,12-13H2,1H3. The highest BCUT2D eigenvalue weighted by Crippen LogP contribution is 2.22. The van der Waals surface area contributed by atoms with Gasteiger partial charge in [0.25, 0.3) is 0 Å². The van der Waals surface area contributed by atoms with Crippen LogP contribution in [0.2, 0.25) is 0 Å². The molecule has 70 valence electrons. The molecule has 13 heavy (non-hydrogen) atoms. The van der Waals surface area contributed by atoms with Gasteiger partial charge in [-0.2, -0.15) is 0 Å². The van der Waals surface area contributed by atoms with Crippen molar-refractivity contribution in [1.29, 1.82) is 0 Å². The number of nitrogens with two attached hydrogens (primary N) is 2. The van der Waals surface area contributed by atoms with Gasteiger partial charge in [0.15, 0.2) is 0 Å². The lowest BCUT2D eigenvalue weighted by atomic mass is 10.1. The minimum absolute atomic E-state index is 0.503. The summed E-state index contributed by atoms with van der Waals surface area (Å²) in [6.07, 6.45) is 3.79. The summed E-state index contributed by atoms with van der Waals surface area (Å²) >= 11 is 5.52. The summed E-state index contributed by atoms with van der Waals surface area (Å²) in [5.74, 6) is 0.503. The van der Waals surface area contributed by atoms with Crippen molar-refractivity contribution in [3.63, 3.8) is 0 Å². The van der Waals surface area contributed by atoms with Gasteiger partial charge in [0.1, 0.15) is 0 Å². The van der Waals surface area contributed by atoms with E-state index in [2.05, 4.69) is 0 Å². The Kier molecular flexibility index (Phi) is 3.20. The molecule has 2 nitrogen and oxygen atoms in total. The maximum atomic E-state index is 5.70.